The summed E-state index contributed by atoms with van der Waals surface area (Å²) in [5.41, 5.74) is 0.500. The highest BCUT2D eigenvalue weighted by Gasteiger charge is 2.59. The minimum Gasteiger partial charge on any atom is -0.377 e. The zero-order chi connectivity index (χ0) is 19.9. The molecule has 0 spiro atoms. The Hall–Kier alpha value is -0.920. The molecule has 11 heteroatoms. The first kappa shape index (κ1) is 22.8. The van der Waals surface area contributed by atoms with Crippen LogP contribution >= 0.6 is 24.0 Å². The minimum atomic E-state index is -3.40. The molecule has 2 saturated heterocycles. The standard InChI is InChI=1S/C18H29N5O4S.HI/c1-18(2)15(14-5-10-26-16(14)18)20-17(19-3)22-6-8-23(9-7-22)28(24,25)12-13-4-11-27-21-13;/h4,11,14-16H,5-10,12H2,1-3H3,(H,19,20);1H. The van der Waals surface area contributed by atoms with Crippen molar-refractivity contribution in [1.29, 1.82) is 0 Å². The predicted octanol–water partition coefficient (Wildman–Crippen LogP) is 1.13. The van der Waals surface area contributed by atoms with Gasteiger partial charge in [-0.25, -0.2) is 8.42 Å². The number of guanidine groups is 1. The number of nitrogens with one attached hydrogen (secondary N) is 1. The summed E-state index contributed by atoms with van der Waals surface area (Å²) in [4.78, 5) is 6.60. The zero-order valence-electron chi connectivity index (χ0n) is 17.1. The quantitative estimate of drug-likeness (QED) is 0.348. The normalized spacial score (nSPS) is 29.7. The van der Waals surface area contributed by atoms with Gasteiger partial charge < -0.3 is 19.5 Å². The molecule has 1 saturated carbocycles. The van der Waals surface area contributed by atoms with Crippen molar-refractivity contribution < 1.29 is 17.7 Å². The van der Waals surface area contributed by atoms with Crippen molar-refractivity contribution >= 4 is 40.0 Å². The number of nitrogens with zero attached hydrogens (tertiary/aromatic N) is 4. The van der Waals surface area contributed by atoms with Crippen LogP contribution in [0.5, 0.6) is 0 Å². The van der Waals surface area contributed by atoms with E-state index in [9.17, 15) is 8.42 Å². The van der Waals surface area contributed by atoms with E-state index in [0.717, 1.165) is 19.0 Å². The summed E-state index contributed by atoms with van der Waals surface area (Å²) in [5, 5.41) is 7.34. The number of ether oxygens (including phenoxy) is 1. The lowest BCUT2D eigenvalue weighted by Crippen LogP contribution is -2.68. The first-order valence-corrected chi connectivity index (χ1v) is 11.4. The van der Waals surface area contributed by atoms with Crippen molar-refractivity contribution in [2.75, 3.05) is 39.8 Å². The van der Waals surface area contributed by atoms with Crippen molar-refractivity contribution in [1.82, 2.24) is 19.7 Å². The van der Waals surface area contributed by atoms with Crippen LogP contribution in [0.25, 0.3) is 0 Å². The average Bonchev–Trinajstić information content (AvgIpc) is 3.33. The first-order chi connectivity index (χ1) is 13.3. The summed E-state index contributed by atoms with van der Waals surface area (Å²) in [7, 11) is -1.62. The number of sulfonamides is 1. The lowest BCUT2D eigenvalue weighted by atomic mass is 9.57. The number of rotatable bonds is 4. The van der Waals surface area contributed by atoms with Gasteiger partial charge in [0.2, 0.25) is 10.0 Å². The van der Waals surface area contributed by atoms with Gasteiger partial charge in [0.05, 0.1) is 11.8 Å². The van der Waals surface area contributed by atoms with E-state index in [1.54, 1.807) is 13.1 Å². The van der Waals surface area contributed by atoms with Gasteiger partial charge in [-0.15, -0.1) is 24.0 Å². The molecule has 9 nitrogen and oxygen atoms in total. The Morgan fingerprint density at radius 2 is 2.07 bits per heavy atom. The molecule has 1 N–H and O–H groups in total. The fourth-order valence-electron chi connectivity index (χ4n) is 4.82. The molecular formula is C18H30IN5O4S. The van der Waals surface area contributed by atoms with Crippen LogP contribution in [-0.4, -0.2) is 80.7 Å². The highest BCUT2D eigenvalue weighted by Crippen LogP contribution is 2.52. The zero-order valence-corrected chi connectivity index (χ0v) is 20.2. The van der Waals surface area contributed by atoms with Crippen LogP contribution in [0, 0.1) is 11.3 Å². The molecule has 1 aromatic rings. The predicted molar refractivity (Wildman–Crippen MR) is 120 cm³/mol. The second kappa shape index (κ2) is 8.67. The number of piperazine rings is 1. The van der Waals surface area contributed by atoms with E-state index in [4.69, 9.17) is 9.26 Å². The molecule has 4 rings (SSSR count). The van der Waals surface area contributed by atoms with Gasteiger partial charge >= 0.3 is 0 Å². The third-order valence-electron chi connectivity index (χ3n) is 6.35. The third kappa shape index (κ3) is 4.28. The number of hydrogen-bond donors (Lipinski definition) is 1. The van der Waals surface area contributed by atoms with E-state index in [1.165, 1.54) is 10.6 Å². The summed E-state index contributed by atoms with van der Waals surface area (Å²) < 4.78 is 37.4. The number of aliphatic imine (C=N–C) groups is 1. The highest BCUT2D eigenvalue weighted by molar-refractivity contribution is 14.0. The fourth-order valence-corrected chi connectivity index (χ4v) is 6.25. The first-order valence-electron chi connectivity index (χ1n) is 9.80. The van der Waals surface area contributed by atoms with Crippen molar-refractivity contribution in [2.24, 2.45) is 16.3 Å². The molecular weight excluding hydrogens is 509 g/mol. The lowest BCUT2D eigenvalue weighted by molar-refractivity contribution is -0.107. The van der Waals surface area contributed by atoms with Gasteiger partial charge in [0.25, 0.3) is 0 Å². The smallest absolute Gasteiger partial charge is 0.220 e. The van der Waals surface area contributed by atoms with E-state index in [0.29, 0.717) is 49.9 Å². The second-order valence-electron chi connectivity index (χ2n) is 8.37. The van der Waals surface area contributed by atoms with Gasteiger partial charge in [-0.2, -0.15) is 4.31 Å². The summed E-state index contributed by atoms with van der Waals surface area (Å²) in [6.07, 6.45) is 2.79. The van der Waals surface area contributed by atoms with Crippen molar-refractivity contribution in [3.05, 3.63) is 18.0 Å². The molecule has 0 radical (unpaired) electrons. The second-order valence-corrected chi connectivity index (χ2v) is 10.3. The largest absolute Gasteiger partial charge is 0.377 e. The Morgan fingerprint density at radius 3 is 2.69 bits per heavy atom. The van der Waals surface area contributed by atoms with Gasteiger partial charge in [-0.1, -0.05) is 19.0 Å². The van der Waals surface area contributed by atoms with Gasteiger partial charge in [0.15, 0.2) is 5.96 Å². The Morgan fingerprint density at radius 1 is 1.34 bits per heavy atom. The summed E-state index contributed by atoms with van der Waals surface area (Å²) >= 11 is 0. The van der Waals surface area contributed by atoms with E-state index < -0.39 is 10.0 Å². The maximum absolute atomic E-state index is 12.6. The molecule has 164 valence electrons. The summed E-state index contributed by atoms with van der Waals surface area (Å²) in [6, 6.07) is 1.91. The minimum absolute atomic E-state index is 0. The van der Waals surface area contributed by atoms with Gasteiger partial charge in [-0.05, 0) is 6.42 Å². The van der Waals surface area contributed by atoms with E-state index in [-0.39, 0.29) is 35.1 Å². The maximum atomic E-state index is 12.6. The molecule has 2 aliphatic heterocycles. The fraction of sp³-hybridized carbons (Fsp3) is 0.778. The molecule has 29 heavy (non-hydrogen) atoms. The molecule has 3 atom stereocenters. The number of halogens is 1. The SMILES string of the molecule is CN=C(NC1C2CCOC2C1(C)C)N1CCN(S(=O)(=O)Cc2ccon2)CC1.I. The maximum Gasteiger partial charge on any atom is 0.220 e. The lowest BCUT2D eigenvalue weighted by Gasteiger charge is -2.55. The van der Waals surface area contributed by atoms with Crippen LogP contribution < -0.4 is 5.32 Å². The molecule has 1 aliphatic carbocycles. The number of fused-ring (bicyclic) bond motifs is 1. The molecule has 0 amide bonds. The van der Waals surface area contributed by atoms with Crippen LogP contribution in [0.1, 0.15) is 26.0 Å². The Kier molecular flexibility index (Phi) is 6.81. The van der Waals surface area contributed by atoms with E-state index in [2.05, 4.69) is 34.2 Å². The summed E-state index contributed by atoms with van der Waals surface area (Å²) in [5.74, 6) is 1.24. The molecule has 1 aromatic heterocycles. The monoisotopic (exact) mass is 539 g/mol. The van der Waals surface area contributed by atoms with Crippen LogP contribution in [0.4, 0.5) is 0 Å². The molecule has 3 aliphatic rings. The van der Waals surface area contributed by atoms with Gasteiger partial charge in [0.1, 0.15) is 12.0 Å². The van der Waals surface area contributed by atoms with Gasteiger partial charge in [-0.3, -0.25) is 4.99 Å². The Labute approximate surface area is 189 Å². The van der Waals surface area contributed by atoms with Crippen molar-refractivity contribution in [3.63, 3.8) is 0 Å². The van der Waals surface area contributed by atoms with E-state index in [1.807, 2.05) is 0 Å². The molecule has 3 heterocycles. The number of aromatic nitrogens is 1. The Bertz CT molecular complexity index is 821. The average molecular weight is 539 g/mol. The topological polar surface area (TPSA) is 100 Å². The third-order valence-corrected chi connectivity index (χ3v) is 8.16. The van der Waals surface area contributed by atoms with Crippen molar-refractivity contribution in [3.8, 4) is 0 Å². The molecule has 3 unspecified atom stereocenters. The van der Waals surface area contributed by atoms with Crippen LogP contribution in [0.15, 0.2) is 21.8 Å². The van der Waals surface area contributed by atoms with Crippen molar-refractivity contribution in [2.45, 2.75) is 38.2 Å². The van der Waals surface area contributed by atoms with Gasteiger partial charge in [0, 0.05) is 63.3 Å². The van der Waals surface area contributed by atoms with E-state index >= 15 is 0 Å². The van der Waals surface area contributed by atoms with Crippen LogP contribution in [0.3, 0.4) is 0 Å². The van der Waals surface area contributed by atoms with Crippen LogP contribution in [-0.2, 0) is 20.5 Å². The number of hydrogen-bond acceptors (Lipinski definition) is 6. The molecule has 3 fully saturated rings. The Balaban J connectivity index is 0.00000240. The molecule has 0 bridgehead atoms. The molecule has 0 aromatic carbocycles. The highest BCUT2D eigenvalue weighted by atomic mass is 127. The summed E-state index contributed by atoms with van der Waals surface area (Å²) in [6.45, 7) is 7.38. The van der Waals surface area contributed by atoms with Crippen LogP contribution in [0.2, 0.25) is 0 Å².